The van der Waals surface area contributed by atoms with Crippen LogP contribution >= 0.6 is 0 Å². The number of rotatable bonds is 7. The van der Waals surface area contributed by atoms with E-state index in [1.54, 1.807) is 0 Å². The molecule has 1 aromatic rings. The first-order valence-electron chi connectivity index (χ1n) is 10.3. The molecule has 1 atom stereocenters. The summed E-state index contributed by atoms with van der Waals surface area (Å²) in [5.74, 6) is 1.97. The van der Waals surface area contributed by atoms with Crippen molar-refractivity contribution in [1.82, 2.24) is 4.90 Å². The molecule has 0 spiro atoms. The number of unbranched alkanes of at least 4 members (excludes halogenated alkanes) is 2. The molecule has 2 aliphatic heterocycles. The smallest absolute Gasteiger partial charge is 0.132 e. The molecule has 0 amide bonds. The van der Waals surface area contributed by atoms with Crippen molar-refractivity contribution in [3.8, 4) is 11.5 Å². The normalized spacial score (nSPS) is 19.9. The van der Waals surface area contributed by atoms with Crippen LogP contribution < -0.4 is 4.74 Å². The molecule has 0 saturated heterocycles. The maximum Gasteiger partial charge on any atom is 0.132 e. The number of hydrogen-bond acceptors (Lipinski definition) is 3. The molecule has 26 heavy (non-hydrogen) atoms. The van der Waals surface area contributed by atoms with Crippen molar-refractivity contribution in [2.75, 3.05) is 20.1 Å². The third kappa shape index (κ3) is 3.93. The summed E-state index contributed by atoms with van der Waals surface area (Å²) >= 11 is 0. The largest absolute Gasteiger partial charge is 0.507 e. The van der Waals surface area contributed by atoms with Gasteiger partial charge in [-0.05, 0) is 68.5 Å². The number of phenolic OH excluding ortho intramolecular Hbond substituents is 1. The molecule has 2 aliphatic rings. The summed E-state index contributed by atoms with van der Waals surface area (Å²) in [5.41, 5.74) is 4.38. The van der Waals surface area contributed by atoms with Crippen LogP contribution in [0.4, 0.5) is 0 Å². The van der Waals surface area contributed by atoms with E-state index in [9.17, 15) is 5.11 Å². The number of aromatic hydroxyl groups is 1. The van der Waals surface area contributed by atoms with E-state index in [-0.39, 0.29) is 5.60 Å². The van der Waals surface area contributed by atoms with Crippen LogP contribution in [0.15, 0.2) is 17.7 Å². The average Bonchev–Trinajstić information content (AvgIpc) is 2.95. The van der Waals surface area contributed by atoms with Crippen molar-refractivity contribution in [1.29, 1.82) is 0 Å². The van der Waals surface area contributed by atoms with E-state index in [0.717, 1.165) is 36.7 Å². The molecule has 3 rings (SSSR count). The Labute approximate surface area is 159 Å². The first-order chi connectivity index (χ1) is 12.3. The Balaban J connectivity index is 1.77. The molecule has 3 nitrogen and oxygen atoms in total. The molecule has 0 fully saturated rings. The molecule has 144 valence electrons. The third-order valence-corrected chi connectivity index (χ3v) is 5.98. The number of nitrogens with zero attached hydrogens (tertiary/aromatic N) is 1. The van der Waals surface area contributed by atoms with E-state index in [1.165, 1.54) is 48.8 Å². The van der Waals surface area contributed by atoms with Gasteiger partial charge in [-0.25, -0.2) is 0 Å². The molecule has 0 bridgehead atoms. The molecule has 0 radical (unpaired) electrons. The van der Waals surface area contributed by atoms with Crippen LogP contribution in [0.25, 0.3) is 5.57 Å². The lowest BCUT2D eigenvalue weighted by atomic mass is 9.86. The summed E-state index contributed by atoms with van der Waals surface area (Å²) in [7, 11) is 2.12. The predicted octanol–water partition coefficient (Wildman–Crippen LogP) is 5.41. The minimum absolute atomic E-state index is 0.300. The van der Waals surface area contributed by atoms with Crippen LogP contribution in [0.5, 0.6) is 11.5 Å². The van der Waals surface area contributed by atoms with Crippen molar-refractivity contribution in [3.05, 3.63) is 28.8 Å². The second-order valence-corrected chi connectivity index (χ2v) is 8.87. The third-order valence-electron chi connectivity index (χ3n) is 5.98. The minimum Gasteiger partial charge on any atom is -0.507 e. The van der Waals surface area contributed by atoms with Gasteiger partial charge in [0.1, 0.15) is 17.1 Å². The standard InChI is InChI=1S/C23H35NO2/c1-6-7-8-9-16(2)10-11-17-12-20(25)22-18-14-24(5)15-19(18)23(3,4)26-21(22)13-17/h12-13,16,25H,6-11,14-15H2,1-5H3. The monoisotopic (exact) mass is 357 g/mol. The van der Waals surface area contributed by atoms with Crippen LogP contribution in [-0.4, -0.2) is 35.7 Å². The van der Waals surface area contributed by atoms with Gasteiger partial charge in [-0.3, -0.25) is 4.90 Å². The van der Waals surface area contributed by atoms with E-state index < -0.39 is 0 Å². The molecule has 3 heteroatoms. The van der Waals surface area contributed by atoms with Crippen molar-refractivity contribution in [2.24, 2.45) is 5.92 Å². The molecule has 1 N–H and O–H groups in total. The van der Waals surface area contributed by atoms with Crippen molar-refractivity contribution >= 4 is 5.57 Å². The van der Waals surface area contributed by atoms with Gasteiger partial charge in [0.15, 0.2) is 0 Å². The van der Waals surface area contributed by atoms with Gasteiger partial charge in [-0.1, -0.05) is 39.5 Å². The molecule has 0 saturated carbocycles. The van der Waals surface area contributed by atoms with Crippen LogP contribution in [0, 0.1) is 5.92 Å². The number of phenols is 1. The lowest BCUT2D eigenvalue weighted by Gasteiger charge is -2.35. The van der Waals surface area contributed by atoms with Gasteiger partial charge in [0.25, 0.3) is 0 Å². The van der Waals surface area contributed by atoms with Gasteiger partial charge in [-0.15, -0.1) is 0 Å². The first-order valence-corrected chi connectivity index (χ1v) is 10.3. The summed E-state index contributed by atoms with van der Waals surface area (Å²) in [6, 6.07) is 4.12. The van der Waals surface area contributed by atoms with Crippen LogP contribution in [0.2, 0.25) is 0 Å². The number of hydrogen-bond donors (Lipinski definition) is 1. The Hall–Kier alpha value is -1.48. The van der Waals surface area contributed by atoms with Crippen molar-refractivity contribution < 1.29 is 9.84 Å². The molecule has 0 aliphatic carbocycles. The average molecular weight is 358 g/mol. The Morgan fingerprint density at radius 2 is 1.96 bits per heavy atom. The molecule has 1 unspecified atom stereocenters. The van der Waals surface area contributed by atoms with Crippen LogP contribution in [0.1, 0.15) is 70.9 Å². The lowest BCUT2D eigenvalue weighted by molar-refractivity contribution is 0.140. The Bertz CT molecular complexity index is 690. The highest BCUT2D eigenvalue weighted by Crippen LogP contribution is 2.48. The van der Waals surface area contributed by atoms with Gasteiger partial charge < -0.3 is 9.84 Å². The molecule has 0 aromatic heterocycles. The SMILES string of the molecule is CCCCCC(C)CCc1cc(O)c2c(c1)OC(C)(C)C1=C2CN(C)C1. The minimum atomic E-state index is -0.300. The number of aryl methyl sites for hydroxylation is 1. The van der Waals surface area contributed by atoms with E-state index >= 15 is 0 Å². The van der Waals surface area contributed by atoms with Crippen LogP contribution in [0.3, 0.4) is 0 Å². The number of likely N-dealkylation sites (N-methyl/N-ethyl adjacent to an activating group) is 1. The van der Waals surface area contributed by atoms with Crippen LogP contribution in [-0.2, 0) is 6.42 Å². The summed E-state index contributed by atoms with van der Waals surface area (Å²) in [6.07, 6.45) is 7.42. The van der Waals surface area contributed by atoms with E-state index in [4.69, 9.17) is 4.74 Å². The lowest BCUT2D eigenvalue weighted by Crippen LogP contribution is -2.35. The highest BCUT2D eigenvalue weighted by atomic mass is 16.5. The van der Waals surface area contributed by atoms with Gasteiger partial charge in [-0.2, -0.15) is 0 Å². The Morgan fingerprint density at radius 1 is 1.19 bits per heavy atom. The molecular weight excluding hydrogens is 322 g/mol. The zero-order chi connectivity index (χ0) is 18.9. The summed E-state index contributed by atoms with van der Waals surface area (Å²) in [5, 5.41) is 10.7. The summed E-state index contributed by atoms with van der Waals surface area (Å²) in [6.45, 7) is 10.7. The fourth-order valence-electron chi connectivity index (χ4n) is 4.39. The Kier molecular flexibility index (Phi) is 5.67. The van der Waals surface area contributed by atoms with E-state index in [0.29, 0.717) is 5.75 Å². The first kappa shape index (κ1) is 19.3. The van der Waals surface area contributed by atoms with Gasteiger partial charge >= 0.3 is 0 Å². The van der Waals surface area contributed by atoms with E-state index in [1.807, 2.05) is 6.07 Å². The summed E-state index contributed by atoms with van der Waals surface area (Å²) in [4.78, 5) is 2.29. The maximum absolute atomic E-state index is 10.7. The maximum atomic E-state index is 10.7. The second-order valence-electron chi connectivity index (χ2n) is 8.87. The predicted molar refractivity (Wildman–Crippen MR) is 109 cm³/mol. The fraction of sp³-hybridized carbons (Fsp3) is 0.652. The zero-order valence-electron chi connectivity index (χ0n) is 17.2. The van der Waals surface area contributed by atoms with Crippen molar-refractivity contribution in [3.63, 3.8) is 0 Å². The zero-order valence-corrected chi connectivity index (χ0v) is 17.2. The second kappa shape index (κ2) is 7.64. The van der Waals surface area contributed by atoms with Gasteiger partial charge in [0, 0.05) is 13.1 Å². The molecular formula is C23H35NO2. The number of fused-ring (bicyclic) bond motifs is 2. The number of benzene rings is 1. The van der Waals surface area contributed by atoms with Gasteiger partial charge in [0.2, 0.25) is 0 Å². The quantitative estimate of drug-likeness (QED) is 0.662. The van der Waals surface area contributed by atoms with Gasteiger partial charge in [0.05, 0.1) is 5.56 Å². The highest BCUT2D eigenvalue weighted by Gasteiger charge is 2.40. The highest BCUT2D eigenvalue weighted by molar-refractivity contribution is 5.83. The van der Waals surface area contributed by atoms with Crippen molar-refractivity contribution in [2.45, 2.75) is 71.8 Å². The van der Waals surface area contributed by atoms with E-state index in [2.05, 4.69) is 45.7 Å². The Morgan fingerprint density at radius 3 is 2.69 bits per heavy atom. The molecule has 1 aromatic carbocycles. The summed E-state index contributed by atoms with van der Waals surface area (Å²) < 4.78 is 6.34. The fourth-order valence-corrected chi connectivity index (χ4v) is 4.39. The number of ether oxygens (including phenoxy) is 1. The molecule has 2 heterocycles. The topological polar surface area (TPSA) is 32.7 Å².